The van der Waals surface area contributed by atoms with Crippen molar-refractivity contribution in [3.63, 3.8) is 0 Å². The van der Waals surface area contributed by atoms with Crippen LogP contribution in [0.15, 0.2) is 85.5 Å². The van der Waals surface area contributed by atoms with Crippen molar-refractivity contribution in [3.05, 3.63) is 85.5 Å². The van der Waals surface area contributed by atoms with Crippen molar-refractivity contribution < 1.29 is 0 Å². The lowest BCUT2D eigenvalue weighted by Crippen LogP contribution is -1.99. The van der Waals surface area contributed by atoms with E-state index >= 15 is 0 Å². The first kappa shape index (κ1) is 15.3. The average molecular weight is 350 g/mol. The Morgan fingerprint density at radius 3 is 2.26 bits per heavy atom. The van der Waals surface area contributed by atoms with E-state index in [1.165, 1.54) is 0 Å². The molecular weight excluding hydrogens is 336 g/mol. The summed E-state index contributed by atoms with van der Waals surface area (Å²) in [7, 11) is 0. The van der Waals surface area contributed by atoms with Crippen LogP contribution in [0.1, 0.15) is 0 Å². The van der Waals surface area contributed by atoms with Crippen molar-refractivity contribution in [1.29, 1.82) is 0 Å². The van der Waals surface area contributed by atoms with Gasteiger partial charge >= 0.3 is 0 Å². The summed E-state index contributed by atoms with van der Waals surface area (Å²) in [5.41, 5.74) is 4.61. The van der Waals surface area contributed by atoms with E-state index in [9.17, 15) is 0 Å². The summed E-state index contributed by atoms with van der Waals surface area (Å²) in [6.07, 6.45) is 7.03. The second kappa shape index (κ2) is 6.42. The van der Waals surface area contributed by atoms with Gasteiger partial charge in [-0.1, -0.05) is 30.3 Å². The Morgan fingerprint density at radius 2 is 1.48 bits per heavy atom. The number of aromatic nitrogens is 6. The molecule has 0 aliphatic carbocycles. The monoisotopic (exact) mass is 350 g/mol. The van der Waals surface area contributed by atoms with Crippen LogP contribution in [0, 0.1) is 0 Å². The van der Waals surface area contributed by atoms with Crippen LogP contribution in [0.3, 0.4) is 0 Å². The molecule has 0 atom stereocenters. The maximum absolute atomic E-state index is 4.73. The lowest BCUT2D eigenvalue weighted by atomic mass is 10.1. The van der Waals surface area contributed by atoms with Gasteiger partial charge in [0.2, 0.25) is 0 Å². The van der Waals surface area contributed by atoms with Gasteiger partial charge in [-0.2, -0.15) is 9.50 Å². The van der Waals surface area contributed by atoms with E-state index in [0.717, 1.165) is 28.1 Å². The Balaban J connectivity index is 1.78. The standard InChI is InChI=1S/C21H14N6/c1-2-5-15(6-3-1)18-13-19(17-7-4-10-23-14-17)27-21(24-18)25-20(26-27)16-8-11-22-12-9-16/h1-14H. The third-order valence-corrected chi connectivity index (χ3v) is 4.28. The minimum Gasteiger partial charge on any atom is -0.265 e. The highest BCUT2D eigenvalue weighted by Crippen LogP contribution is 2.26. The van der Waals surface area contributed by atoms with E-state index in [2.05, 4.69) is 20.1 Å². The van der Waals surface area contributed by atoms with Gasteiger partial charge in [-0.05, 0) is 30.3 Å². The van der Waals surface area contributed by atoms with Gasteiger partial charge in [0.05, 0.1) is 11.4 Å². The molecule has 0 fully saturated rings. The zero-order valence-corrected chi connectivity index (χ0v) is 14.3. The zero-order valence-electron chi connectivity index (χ0n) is 14.3. The third kappa shape index (κ3) is 2.83. The summed E-state index contributed by atoms with van der Waals surface area (Å²) in [6, 6.07) is 19.8. The second-order valence-corrected chi connectivity index (χ2v) is 6.02. The maximum atomic E-state index is 4.73. The molecule has 27 heavy (non-hydrogen) atoms. The van der Waals surface area contributed by atoms with Crippen molar-refractivity contribution in [2.24, 2.45) is 0 Å². The minimum absolute atomic E-state index is 0.544. The predicted molar refractivity (Wildman–Crippen MR) is 103 cm³/mol. The second-order valence-electron chi connectivity index (χ2n) is 6.02. The van der Waals surface area contributed by atoms with Crippen molar-refractivity contribution in [3.8, 4) is 33.9 Å². The number of hydrogen-bond donors (Lipinski definition) is 0. The average Bonchev–Trinajstić information content (AvgIpc) is 3.19. The fourth-order valence-corrected chi connectivity index (χ4v) is 2.97. The fourth-order valence-electron chi connectivity index (χ4n) is 2.97. The molecule has 0 spiro atoms. The Morgan fingerprint density at radius 1 is 0.667 bits per heavy atom. The van der Waals surface area contributed by atoms with Crippen LogP contribution in [0.2, 0.25) is 0 Å². The summed E-state index contributed by atoms with van der Waals surface area (Å²) < 4.78 is 1.76. The first-order valence-electron chi connectivity index (χ1n) is 8.52. The van der Waals surface area contributed by atoms with Gasteiger partial charge in [-0.3, -0.25) is 9.97 Å². The first-order chi connectivity index (χ1) is 13.4. The van der Waals surface area contributed by atoms with Crippen LogP contribution in [0.5, 0.6) is 0 Å². The fraction of sp³-hybridized carbons (Fsp3) is 0. The predicted octanol–water partition coefficient (Wildman–Crippen LogP) is 3.92. The van der Waals surface area contributed by atoms with Crippen molar-refractivity contribution in [2.75, 3.05) is 0 Å². The number of benzene rings is 1. The van der Waals surface area contributed by atoms with Crippen molar-refractivity contribution >= 4 is 5.78 Å². The summed E-state index contributed by atoms with van der Waals surface area (Å²) in [4.78, 5) is 17.7. The van der Waals surface area contributed by atoms with Crippen molar-refractivity contribution in [1.82, 2.24) is 29.5 Å². The van der Waals surface area contributed by atoms with Gasteiger partial charge in [0.25, 0.3) is 5.78 Å². The molecule has 0 unspecified atom stereocenters. The van der Waals surface area contributed by atoms with Gasteiger partial charge in [-0.15, -0.1) is 5.10 Å². The maximum Gasteiger partial charge on any atom is 0.253 e. The summed E-state index contributed by atoms with van der Waals surface area (Å²) in [5.74, 6) is 1.15. The van der Waals surface area contributed by atoms with Crippen LogP contribution in [0.25, 0.3) is 39.7 Å². The van der Waals surface area contributed by atoms with Gasteiger partial charge in [0.15, 0.2) is 5.82 Å². The van der Waals surface area contributed by atoms with Gasteiger partial charge < -0.3 is 0 Å². The molecule has 0 N–H and O–H groups in total. The highest BCUT2D eigenvalue weighted by atomic mass is 15.3. The Kier molecular flexibility index (Phi) is 3.65. The Hall–Kier alpha value is -3.93. The molecule has 0 bridgehead atoms. The highest BCUT2D eigenvalue weighted by Gasteiger charge is 2.14. The topological polar surface area (TPSA) is 68.9 Å². The molecule has 0 aliphatic rings. The van der Waals surface area contributed by atoms with E-state index in [4.69, 9.17) is 4.98 Å². The number of pyridine rings is 2. The SMILES string of the molecule is c1ccc(-c2cc(-c3cccnc3)n3nc(-c4ccncc4)nc3n2)cc1. The normalized spacial score (nSPS) is 11.0. The van der Waals surface area contributed by atoms with Gasteiger partial charge in [0, 0.05) is 41.5 Å². The van der Waals surface area contributed by atoms with Crippen LogP contribution in [-0.4, -0.2) is 29.5 Å². The molecule has 0 saturated carbocycles. The molecule has 0 radical (unpaired) electrons. The molecular formula is C21H14N6. The number of hydrogen-bond acceptors (Lipinski definition) is 5. The highest BCUT2D eigenvalue weighted by molar-refractivity contribution is 5.71. The molecule has 1 aromatic carbocycles. The largest absolute Gasteiger partial charge is 0.265 e. The van der Waals surface area contributed by atoms with Gasteiger partial charge in [-0.25, -0.2) is 4.98 Å². The molecule has 6 heteroatoms. The molecule has 5 aromatic rings. The molecule has 4 aromatic heterocycles. The van der Waals surface area contributed by atoms with Crippen LogP contribution in [-0.2, 0) is 0 Å². The summed E-state index contributed by atoms with van der Waals surface area (Å²) in [5, 5.41) is 4.68. The first-order valence-corrected chi connectivity index (χ1v) is 8.52. The quantitative estimate of drug-likeness (QED) is 0.493. The van der Waals surface area contributed by atoms with E-state index in [1.807, 2.05) is 66.9 Å². The third-order valence-electron chi connectivity index (χ3n) is 4.28. The zero-order chi connectivity index (χ0) is 18.1. The molecule has 0 aliphatic heterocycles. The van der Waals surface area contributed by atoms with Gasteiger partial charge in [0.1, 0.15) is 0 Å². The summed E-state index contributed by atoms with van der Waals surface area (Å²) >= 11 is 0. The number of fused-ring (bicyclic) bond motifs is 1. The summed E-state index contributed by atoms with van der Waals surface area (Å²) in [6.45, 7) is 0. The van der Waals surface area contributed by atoms with E-state index in [0.29, 0.717) is 11.6 Å². The lowest BCUT2D eigenvalue weighted by Gasteiger charge is -2.07. The smallest absolute Gasteiger partial charge is 0.253 e. The molecule has 4 heterocycles. The molecule has 128 valence electrons. The van der Waals surface area contributed by atoms with E-state index in [1.54, 1.807) is 23.1 Å². The molecule has 0 amide bonds. The number of nitrogens with zero attached hydrogens (tertiary/aromatic N) is 6. The minimum atomic E-state index is 0.544. The van der Waals surface area contributed by atoms with E-state index < -0.39 is 0 Å². The van der Waals surface area contributed by atoms with Crippen LogP contribution < -0.4 is 0 Å². The Labute approximate surface area is 155 Å². The number of rotatable bonds is 3. The van der Waals surface area contributed by atoms with E-state index in [-0.39, 0.29) is 0 Å². The van der Waals surface area contributed by atoms with Crippen LogP contribution >= 0.6 is 0 Å². The lowest BCUT2D eigenvalue weighted by molar-refractivity contribution is 0.951. The van der Waals surface area contributed by atoms with Crippen molar-refractivity contribution in [2.45, 2.75) is 0 Å². The molecule has 6 nitrogen and oxygen atoms in total. The molecule has 5 rings (SSSR count). The Bertz CT molecular complexity index is 1200. The molecule has 0 saturated heterocycles. The van der Waals surface area contributed by atoms with Crippen LogP contribution in [0.4, 0.5) is 0 Å².